The van der Waals surface area contributed by atoms with Crippen LogP contribution in [-0.2, 0) is 4.79 Å². The number of carbonyl (C=O) groups is 1. The SMILES string of the molecule is CCCCCNC(=O)C(C)NC1CCCC(C)C1C. The van der Waals surface area contributed by atoms with E-state index in [0.29, 0.717) is 12.0 Å². The van der Waals surface area contributed by atoms with Crippen LogP contribution in [0.3, 0.4) is 0 Å². The van der Waals surface area contributed by atoms with Gasteiger partial charge >= 0.3 is 0 Å². The van der Waals surface area contributed by atoms with Crippen molar-refractivity contribution < 1.29 is 4.79 Å². The molecule has 0 aromatic rings. The van der Waals surface area contributed by atoms with Gasteiger partial charge in [0.1, 0.15) is 0 Å². The van der Waals surface area contributed by atoms with Gasteiger partial charge in [-0.25, -0.2) is 0 Å². The second-order valence-corrected chi connectivity index (χ2v) is 6.26. The number of hydrogen-bond donors (Lipinski definition) is 2. The van der Waals surface area contributed by atoms with Crippen LogP contribution in [0.4, 0.5) is 0 Å². The Labute approximate surface area is 118 Å². The minimum atomic E-state index is -0.0700. The monoisotopic (exact) mass is 268 g/mol. The molecular formula is C16H32N2O. The first-order chi connectivity index (χ1) is 9.06. The van der Waals surface area contributed by atoms with Gasteiger partial charge in [0.15, 0.2) is 0 Å². The van der Waals surface area contributed by atoms with Crippen molar-refractivity contribution >= 4 is 5.91 Å². The maximum Gasteiger partial charge on any atom is 0.236 e. The predicted octanol–water partition coefficient (Wildman–Crippen LogP) is 3.10. The summed E-state index contributed by atoms with van der Waals surface area (Å²) in [6.07, 6.45) is 7.30. The van der Waals surface area contributed by atoms with Crippen LogP contribution in [-0.4, -0.2) is 24.5 Å². The Kier molecular flexibility index (Phi) is 7.44. The second kappa shape index (κ2) is 8.57. The number of amides is 1. The van der Waals surface area contributed by atoms with E-state index in [1.807, 2.05) is 6.92 Å². The second-order valence-electron chi connectivity index (χ2n) is 6.26. The van der Waals surface area contributed by atoms with Crippen LogP contribution < -0.4 is 10.6 Å². The molecule has 4 unspecified atom stereocenters. The third-order valence-corrected chi connectivity index (χ3v) is 4.64. The van der Waals surface area contributed by atoms with Gasteiger partial charge in [-0.2, -0.15) is 0 Å². The minimum Gasteiger partial charge on any atom is -0.355 e. The average Bonchev–Trinajstić information content (AvgIpc) is 2.39. The van der Waals surface area contributed by atoms with Crippen LogP contribution in [0.1, 0.15) is 66.2 Å². The molecular weight excluding hydrogens is 236 g/mol. The quantitative estimate of drug-likeness (QED) is 0.697. The van der Waals surface area contributed by atoms with Crippen LogP contribution in [0, 0.1) is 11.8 Å². The van der Waals surface area contributed by atoms with E-state index in [1.54, 1.807) is 0 Å². The summed E-state index contributed by atoms with van der Waals surface area (Å²) in [6.45, 7) is 9.62. The topological polar surface area (TPSA) is 41.1 Å². The summed E-state index contributed by atoms with van der Waals surface area (Å²) < 4.78 is 0. The van der Waals surface area contributed by atoms with E-state index in [-0.39, 0.29) is 11.9 Å². The lowest BCUT2D eigenvalue weighted by Crippen LogP contribution is -2.50. The minimum absolute atomic E-state index is 0.0700. The summed E-state index contributed by atoms with van der Waals surface area (Å²) in [5.41, 5.74) is 0. The van der Waals surface area contributed by atoms with E-state index < -0.39 is 0 Å². The zero-order chi connectivity index (χ0) is 14.3. The van der Waals surface area contributed by atoms with Crippen molar-refractivity contribution in [3.05, 3.63) is 0 Å². The predicted molar refractivity (Wildman–Crippen MR) is 81.1 cm³/mol. The fourth-order valence-electron chi connectivity index (χ4n) is 2.95. The molecule has 1 aliphatic rings. The summed E-state index contributed by atoms with van der Waals surface area (Å²) in [7, 11) is 0. The Morgan fingerprint density at radius 2 is 2.00 bits per heavy atom. The molecule has 2 N–H and O–H groups in total. The van der Waals surface area contributed by atoms with E-state index in [9.17, 15) is 4.79 Å². The molecule has 1 rings (SSSR count). The lowest BCUT2D eigenvalue weighted by atomic mass is 9.78. The van der Waals surface area contributed by atoms with Crippen molar-refractivity contribution in [3.63, 3.8) is 0 Å². The highest BCUT2D eigenvalue weighted by Crippen LogP contribution is 2.29. The van der Waals surface area contributed by atoms with Gasteiger partial charge in [-0.3, -0.25) is 4.79 Å². The average molecular weight is 268 g/mol. The Bertz CT molecular complexity index is 267. The summed E-state index contributed by atoms with van der Waals surface area (Å²) in [4.78, 5) is 12.0. The zero-order valence-electron chi connectivity index (χ0n) is 13.2. The summed E-state index contributed by atoms with van der Waals surface area (Å²) >= 11 is 0. The highest BCUT2D eigenvalue weighted by atomic mass is 16.2. The molecule has 0 spiro atoms. The fourth-order valence-corrected chi connectivity index (χ4v) is 2.95. The van der Waals surface area contributed by atoms with E-state index in [0.717, 1.165) is 18.9 Å². The number of hydrogen-bond acceptors (Lipinski definition) is 2. The molecule has 0 aliphatic heterocycles. The van der Waals surface area contributed by atoms with Crippen molar-refractivity contribution in [1.29, 1.82) is 0 Å². The molecule has 1 saturated carbocycles. The van der Waals surface area contributed by atoms with Gasteiger partial charge in [0, 0.05) is 12.6 Å². The first-order valence-corrected chi connectivity index (χ1v) is 8.10. The van der Waals surface area contributed by atoms with Crippen LogP contribution in [0.15, 0.2) is 0 Å². The first-order valence-electron chi connectivity index (χ1n) is 8.10. The highest BCUT2D eigenvalue weighted by molar-refractivity contribution is 5.81. The van der Waals surface area contributed by atoms with Gasteiger partial charge in [0.05, 0.1) is 6.04 Å². The molecule has 4 atom stereocenters. The molecule has 112 valence electrons. The standard InChI is InChI=1S/C16H32N2O/c1-5-6-7-11-17-16(19)14(4)18-15-10-8-9-12(2)13(15)3/h12-15,18H,5-11H2,1-4H3,(H,17,19). The molecule has 0 bridgehead atoms. The van der Waals surface area contributed by atoms with Gasteiger partial charge in [-0.05, 0) is 31.6 Å². The molecule has 0 heterocycles. The van der Waals surface area contributed by atoms with Crippen LogP contribution in [0.2, 0.25) is 0 Å². The van der Waals surface area contributed by atoms with E-state index in [4.69, 9.17) is 0 Å². The van der Waals surface area contributed by atoms with Crippen molar-refractivity contribution in [2.24, 2.45) is 11.8 Å². The van der Waals surface area contributed by atoms with Gasteiger partial charge in [-0.15, -0.1) is 0 Å². The van der Waals surface area contributed by atoms with Crippen LogP contribution >= 0.6 is 0 Å². The summed E-state index contributed by atoms with van der Waals surface area (Å²) in [6, 6.07) is 0.430. The van der Waals surface area contributed by atoms with Crippen molar-refractivity contribution in [3.8, 4) is 0 Å². The zero-order valence-corrected chi connectivity index (χ0v) is 13.2. The number of unbranched alkanes of at least 4 members (excludes halogenated alkanes) is 2. The van der Waals surface area contributed by atoms with Crippen LogP contribution in [0.25, 0.3) is 0 Å². The van der Waals surface area contributed by atoms with Crippen LogP contribution in [0.5, 0.6) is 0 Å². The molecule has 19 heavy (non-hydrogen) atoms. The number of carbonyl (C=O) groups excluding carboxylic acids is 1. The van der Waals surface area contributed by atoms with E-state index >= 15 is 0 Å². The third kappa shape index (κ3) is 5.52. The van der Waals surface area contributed by atoms with Crippen molar-refractivity contribution in [2.75, 3.05) is 6.54 Å². The maximum absolute atomic E-state index is 12.0. The van der Waals surface area contributed by atoms with Gasteiger partial charge in [0.2, 0.25) is 5.91 Å². The molecule has 1 amide bonds. The summed E-state index contributed by atoms with van der Waals surface area (Å²) in [5.74, 6) is 1.59. The van der Waals surface area contributed by atoms with Gasteiger partial charge < -0.3 is 10.6 Å². The summed E-state index contributed by atoms with van der Waals surface area (Å²) in [5, 5.41) is 6.56. The smallest absolute Gasteiger partial charge is 0.236 e. The molecule has 1 aliphatic carbocycles. The Hall–Kier alpha value is -0.570. The Morgan fingerprint density at radius 3 is 2.68 bits per heavy atom. The number of rotatable bonds is 7. The molecule has 0 radical (unpaired) electrons. The van der Waals surface area contributed by atoms with E-state index in [1.165, 1.54) is 32.1 Å². The Balaban J connectivity index is 2.28. The lowest BCUT2D eigenvalue weighted by molar-refractivity contribution is -0.123. The molecule has 0 saturated heterocycles. The first kappa shape index (κ1) is 16.5. The van der Waals surface area contributed by atoms with E-state index in [2.05, 4.69) is 31.4 Å². The Morgan fingerprint density at radius 1 is 1.26 bits per heavy atom. The normalized spacial score (nSPS) is 28.9. The largest absolute Gasteiger partial charge is 0.355 e. The lowest BCUT2D eigenvalue weighted by Gasteiger charge is -2.36. The highest BCUT2D eigenvalue weighted by Gasteiger charge is 2.28. The molecule has 0 aromatic heterocycles. The van der Waals surface area contributed by atoms with Crippen molar-refractivity contribution in [1.82, 2.24) is 10.6 Å². The van der Waals surface area contributed by atoms with Gasteiger partial charge in [-0.1, -0.05) is 46.5 Å². The molecule has 3 heteroatoms. The van der Waals surface area contributed by atoms with Gasteiger partial charge in [0.25, 0.3) is 0 Å². The third-order valence-electron chi connectivity index (χ3n) is 4.64. The maximum atomic E-state index is 12.0. The number of nitrogens with one attached hydrogen (secondary N) is 2. The molecule has 1 fully saturated rings. The molecule has 3 nitrogen and oxygen atoms in total. The molecule has 0 aromatic carbocycles. The fraction of sp³-hybridized carbons (Fsp3) is 0.938. The van der Waals surface area contributed by atoms with Crippen molar-refractivity contribution in [2.45, 2.75) is 78.3 Å².